The fourth-order valence-electron chi connectivity index (χ4n) is 2.79. The first-order chi connectivity index (χ1) is 13.6. The van der Waals surface area contributed by atoms with Crippen molar-refractivity contribution < 1.29 is 23.8 Å². The van der Waals surface area contributed by atoms with Gasteiger partial charge in [-0.25, -0.2) is 4.79 Å². The molecule has 0 aliphatic rings. The van der Waals surface area contributed by atoms with Crippen molar-refractivity contribution in [3.63, 3.8) is 0 Å². The number of nitrogens with one attached hydrogen (secondary N) is 2. The molecule has 0 radical (unpaired) electrons. The molecule has 0 aliphatic carbocycles. The molecule has 3 N–H and O–H groups in total. The van der Waals surface area contributed by atoms with Crippen molar-refractivity contribution in [2.24, 2.45) is 0 Å². The maximum absolute atomic E-state index is 12.3. The molecule has 1 aromatic carbocycles. The van der Waals surface area contributed by atoms with Crippen molar-refractivity contribution in [1.82, 2.24) is 10.6 Å². The molecule has 0 aliphatic heterocycles. The summed E-state index contributed by atoms with van der Waals surface area (Å²) in [6, 6.07) is 10.2. The molecule has 148 valence electrons. The van der Waals surface area contributed by atoms with Gasteiger partial charge < -0.3 is 29.6 Å². The Kier molecular flexibility index (Phi) is 6.23. The molecule has 2 aromatic heterocycles. The number of ether oxygens (including phenoxy) is 2. The number of benzene rings is 1. The highest BCUT2D eigenvalue weighted by molar-refractivity contribution is 7.08. The van der Waals surface area contributed by atoms with E-state index in [0.29, 0.717) is 29.4 Å². The van der Waals surface area contributed by atoms with E-state index in [2.05, 4.69) is 10.6 Å². The minimum absolute atomic E-state index is 0.0327. The predicted octanol–water partition coefficient (Wildman–Crippen LogP) is 3.09. The highest BCUT2D eigenvalue weighted by Crippen LogP contribution is 2.31. The Morgan fingerprint density at radius 3 is 2.64 bits per heavy atom. The third-order valence-corrected chi connectivity index (χ3v) is 5.02. The van der Waals surface area contributed by atoms with Crippen LogP contribution in [-0.4, -0.2) is 31.9 Å². The lowest BCUT2D eigenvalue weighted by atomic mass is 9.93. The molecule has 28 heavy (non-hydrogen) atoms. The molecule has 2 heterocycles. The molecule has 0 fully saturated rings. The van der Waals surface area contributed by atoms with Crippen molar-refractivity contribution >= 4 is 17.4 Å². The van der Waals surface area contributed by atoms with Crippen molar-refractivity contribution in [3.8, 4) is 11.5 Å². The molecule has 7 nitrogen and oxygen atoms in total. The van der Waals surface area contributed by atoms with Gasteiger partial charge in [-0.3, -0.25) is 0 Å². The van der Waals surface area contributed by atoms with Gasteiger partial charge in [-0.15, -0.1) is 0 Å². The number of hydrogen-bond donors (Lipinski definition) is 3. The van der Waals surface area contributed by atoms with E-state index in [1.807, 2.05) is 16.8 Å². The monoisotopic (exact) mass is 402 g/mol. The molecule has 0 unspecified atom stereocenters. The van der Waals surface area contributed by atoms with Crippen LogP contribution in [0.4, 0.5) is 4.79 Å². The summed E-state index contributed by atoms with van der Waals surface area (Å²) in [4.78, 5) is 12.3. The normalized spacial score (nSPS) is 12.8. The molecule has 3 rings (SSSR count). The molecule has 0 bridgehead atoms. The van der Waals surface area contributed by atoms with Gasteiger partial charge in [0.25, 0.3) is 0 Å². The summed E-state index contributed by atoms with van der Waals surface area (Å²) in [6.07, 6.45) is 1.49. The van der Waals surface area contributed by atoms with Gasteiger partial charge in [0.1, 0.15) is 5.76 Å². The molecule has 1 atom stereocenters. The number of thiophene rings is 1. The van der Waals surface area contributed by atoms with E-state index in [1.165, 1.54) is 17.6 Å². The molecule has 0 saturated carbocycles. The first-order valence-electron chi connectivity index (χ1n) is 8.58. The number of furan rings is 1. The maximum atomic E-state index is 12.3. The van der Waals surface area contributed by atoms with E-state index in [1.54, 1.807) is 44.6 Å². The van der Waals surface area contributed by atoms with Gasteiger partial charge in [0.2, 0.25) is 0 Å². The molecule has 0 saturated heterocycles. The first kappa shape index (κ1) is 19.8. The Bertz CT molecular complexity index is 859. The summed E-state index contributed by atoms with van der Waals surface area (Å²) >= 11 is 1.46. The van der Waals surface area contributed by atoms with Crippen LogP contribution < -0.4 is 20.1 Å². The molecular formula is C20H22N2O5S. The van der Waals surface area contributed by atoms with Crippen molar-refractivity contribution in [3.05, 3.63) is 70.3 Å². The highest BCUT2D eigenvalue weighted by atomic mass is 32.1. The Morgan fingerprint density at radius 1 is 1.18 bits per heavy atom. The number of carbonyl (C=O) groups is 1. The lowest BCUT2D eigenvalue weighted by Crippen LogP contribution is -2.45. The number of methoxy groups -OCH3 is 2. The zero-order chi connectivity index (χ0) is 20.0. The third kappa shape index (κ3) is 4.29. The van der Waals surface area contributed by atoms with Crippen molar-refractivity contribution in [2.45, 2.75) is 12.1 Å². The largest absolute Gasteiger partial charge is 0.493 e. The minimum atomic E-state index is -1.44. The first-order valence-corrected chi connectivity index (χ1v) is 9.52. The quantitative estimate of drug-likeness (QED) is 0.538. The molecule has 8 heteroatoms. The van der Waals surface area contributed by atoms with Crippen LogP contribution in [0.2, 0.25) is 0 Å². The van der Waals surface area contributed by atoms with Gasteiger partial charge in [-0.05, 0) is 46.7 Å². The second-order valence-corrected chi connectivity index (χ2v) is 6.86. The summed E-state index contributed by atoms with van der Waals surface area (Å²) in [5.74, 6) is 1.58. The molecule has 0 spiro atoms. The zero-order valence-corrected chi connectivity index (χ0v) is 16.4. The van der Waals surface area contributed by atoms with Crippen LogP contribution in [0.5, 0.6) is 11.5 Å². The molecular weight excluding hydrogens is 380 g/mol. The van der Waals surface area contributed by atoms with E-state index in [4.69, 9.17) is 13.9 Å². The average molecular weight is 402 g/mol. The van der Waals surface area contributed by atoms with Crippen LogP contribution >= 0.6 is 11.3 Å². The van der Waals surface area contributed by atoms with Crippen LogP contribution in [-0.2, 0) is 12.1 Å². The standard InChI is InChI=1S/C20H22N2O5S/c1-25-16-6-5-14(10-17(16)26-2)11-21-19(23)22-13-20(24,15-7-9-28-12-15)18-4-3-8-27-18/h3-10,12,24H,11,13H2,1-2H3,(H2,21,22,23)/t20-/m1/s1. The number of rotatable bonds is 8. The van der Waals surface area contributed by atoms with Gasteiger partial charge in [0.15, 0.2) is 17.1 Å². The number of hydrogen-bond acceptors (Lipinski definition) is 6. The smallest absolute Gasteiger partial charge is 0.315 e. The summed E-state index contributed by atoms with van der Waals surface area (Å²) in [5, 5.41) is 20.3. The Morgan fingerprint density at radius 2 is 2.00 bits per heavy atom. The van der Waals surface area contributed by atoms with Crippen molar-refractivity contribution in [1.29, 1.82) is 0 Å². The second kappa shape index (κ2) is 8.81. The van der Waals surface area contributed by atoms with Gasteiger partial charge in [-0.2, -0.15) is 11.3 Å². The lowest BCUT2D eigenvalue weighted by Gasteiger charge is -2.25. The summed E-state index contributed by atoms with van der Waals surface area (Å²) in [6.45, 7) is 0.263. The topological polar surface area (TPSA) is 93.0 Å². The van der Waals surface area contributed by atoms with Crippen LogP contribution in [0.15, 0.2) is 57.8 Å². The number of urea groups is 1. The average Bonchev–Trinajstić information content (AvgIpc) is 3.44. The van der Waals surface area contributed by atoms with Gasteiger partial charge in [-0.1, -0.05) is 6.07 Å². The van der Waals surface area contributed by atoms with Crippen LogP contribution in [0.25, 0.3) is 0 Å². The Labute approximate surface area is 166 Å². The Balaban J connectivity index is 1.61. The number of amides is 2. The van der Waals surface area contributed by atoms with Gasteiger partial charge in [0, 0.05) is 12.1 Å². The third-order valence-electron chi connectivity index (χ3n) is 4.33. The predicted molar refractivity (Wildman–Crippen MR) is 106 cm³/mol. The summed E-state index contributed by atoms with van der Waals surface area (Å²) in [5.41, 5.74) is 0.0732. The molecule has 3 aromatic rings. The van der Waals surface area contributed by atoms with E-state index >= 15 is 0 Å². The summed E-state index contributed by atoms with van der Waals surface area (Å²) in [7, 11) is 3.12. The molecule has 2 amide bonds. The fraction of sp³-hybridized carbons (Fsp3) is 0.250. The number of aliphatic hydroxyl groups is 1. The summed E-state index contributed by atoms with van der Waals surface area (Å²) < 4.78 is 15.9. The minimum Gasteiger partial charge on any atom is -0.493 e. The highest BCUT2D eigenvalue weighted by Gasteiger charge is 2.35. The van der Waals surface area contributed by atoms with E-state index in [-0.39, 0.29) is 6.54 Å². The van der Waals surface area contributed by atoms with Gasteiger partial charge >= 0.3 is 6.03 Å². The van der Waals surface area contributed by atoms with Crippen LogP contribution in [0.1, 0.15) is 16.9 Å². The lowest BCUT2D eigenvalue weighted by molar-refractivity contribution is 0.0591. The van der Waals surface area contributed by atoms with Crippen LogP contribution in [0, 0.1) is 0 Å². The SMILES string of the molecule is COc1ccc(CNC(=O)NC[C@@](O)(c2ccsc2)c2ccco2)cc1OC. The zero-order valence-electron chi connectivity index (χ0n) is 15.6. The van der Waals surface area contributed by atoms with Gasteiger partial charge in [0.05, 0.1) is 27.0 Å². The fourth-order valence-corrected chi connectivity index (χ4v) is 3.51. The van der Waals surface area contributed by atoms with E-state index < -0.39 is 11.6 Å². The number of carbonyl (C=O) groups excluding carboxylic acids is 1. The van der Waals surface area contributed by atoms with E-state index in [0.717, 1.165) is 5.56 Å². The van der Waals surface area contributed by atoms with Crippen LogP contribution in [0.3, 0.4) is 0 Å². The van der Waals surface area contributed by atoms with E-state index in [9.17, 15) is 9.90 Å². The Hall–Kier alpha value is -2.97. The second-order valence-electron chi connectivity index (χ2n) is 6.08. The van der Waals surface area contributed by atoms with Crippen molar-refractivity contribution in [2.75, 3.05) is 20.8 Å². The maximum Gasteiger partial charge on any atom is 0.315 e.